The van der Waals surface area contributed by atoms with Gasteiger partial charge in [-0.1, -0.05) is 47.9 Å². The number of carbonyl (C=O) groups excluding carboxylic acids is 11. The molecule has 1 aromatic heterocycles. The van der Waals surface area contributed by atoms with E-state index in [1.807, 2.05) is 0 Å². The van der Waals surface area contributed by atoms with Crippen molar-refractivity contribution in [3.05, 3.63) is 30.1 Å². The molecular weight excluding hydrogens is 917 g/mol. The number of likely N-dealkylation sites (tertiary alicyclic amines) is 1. The molecule has 0 aliphatic carbocycles. The van der Waals surface area contributed by atoms with Gasteiger partial charge in [-0.2, -0.15) is 0 Å². The van der Waals surface area contributed by atoms with Crippen molar-refractivity contribution in [3.8, 4) is 0 Å². The quantitative estimate of drug-likeness (QED) is 0.0648. The van der Waals surface area contributed by atoms with Crippen LogP contribution in [0.15, 0.2) is 24.5 Å². The SMILES string of the molecule is CC[C@H](C)[C@@H]1NC(=O)[C@H](Cc2cccnc2)NC(=O)[C@@H](N)CSSC[C@@H](C(=O)N2CCC[C@H]2C(=O)N[C@@H](CCN)C(=O)NCC(N)=O)NC(=O)[C@H](CC(N)=O)NC(=O)[C@H](CCC(N)=O)NC1=O. The summed E-state index contributed by atoms with van der Waals surface area (Å²) < 4.78 is 0. The first-order valence-electron chi connectivity index (χ1n) is 21.6. The molecule has 2 fully saturated rings. The van der Waals surface area contributed by atoms with Gasteiger partial charge in [-0.05, 0) is 49.8 Å². The summed E-state index contributed by atoms with van der Waals surface area (Å²) in [4.78, 5) is 151. The fourth-order valence-corrected chi connectivity index (χ4v) is 9.24. The fraction of sp³-hybridized carbons (Fsp3) is 0.600. The zero-order valence-electron chi connectivity index (χ0n) is 37.3. The minimum atomic E-state index is -1.75. The summed E-state index contributed by atoms with van der Waals surface area (Å²) in [5.74, 6) is -10.3. The lowest BCUT2D eigenvalue weighted by atomic mass is 9.96. The summed E-state index contributed by atoms with van der Waals surface area (Å²) in [6.45, 7) is 2.92. The van der Waals surface area contributed by atoms with Gasteiger partial charge in [-0.15, -0.1) is 0 Å². The molecule has 67 heavy (non-hydrogen) atoms. The number of pyridine rings is 1. The number of nitrogens with zero attached hydrogens (tertiary/aromatic N) is 2. The first-order valence-corrected chi connectivity index (χ1v) is 24.1. The highest BCUT2D eigenvalue weighted by atomic mass is 33.1. The molecule has 0 unspecified atom stereocenters. The molecule has 27 heteroatoms. The van der Waals surface area contributed by atoms with E-state index in [-0.39, 0.29) is 50.3 Å². The Morgan fingerprint density at radius 3 is 2.13 bits per heavy atom. The van der Waals surface area contributed by atoms with Crippen molar-refractivity contribution in [3.63, 3.8) is 0 Å². The third-order valence-corrected chi connectivity index (χ3v) is 13.3. The lowest BCUT2D eigenvalue weighted by molar-refractivity contribution is -0.142. The van der Waals surface area contributed by atoms with Gasteiger partial charge < -0.3 is 70.8 Å². The van der Waals surface area contributed by atoms with Crippen LogP contribution in [-0.4, -0.2) is 154 Å². The molecule has 11 amide bonds. The van der Waals surface area contributed by atoms with E-state index < -0.39 is 139 Å². The maximum atomic E-state index is 14.4. The lowest BCUT2D eigenvalue weighted by Crippen LogP contribution is -2.61. The number of rotatable bonds is 17. The van der Waals surface area contributed by atoms with E-state index in [0.29, 0.717) is 18.4 Å². The van der Waals surface area contributed by atoms with Gasteiger partial charge in [0.05, 0.1) is 19.0 Å². The molecule has 0 saturated carbocycles. The minimum Gasteiger partial charge on any atom is -0.370 e. The van der Waals surface area contributed by atoms with Crippen LogP contribution in [0.1, 0.15) is 64.4 Å². The third kappa shape index (κ3) is 17.9. The normalized spacial score (nSPS) is 24.6. The smallest absolute Gasteiger partial charge is 0.246 e. The standard InChI is InChI=1S/C40H62N14O11S2/c1-3-20(2)32-39(64)49-23(8-9-29(43)55)35(60)51-26(15-30(44)56)36(61)52-27(19-67-66-18-22(42)33(58)50-25(37(62)53-32)14-21-6-4-12-46-16-21)40(65)54-13-5-7-28(54)38(63)48-24(10-11-41)34(59)47-17-31(45)57/h4,6,12,16,20,22-28,32H,3,5,7-11,13-15,17-19,41-42H2,1-2H3,(H2,43,55)(H2,44,56)(H2,45,57)(H,47,59)(H,48,63)(H,49,64)(H,50,58)(H,51,60)(H,52,61)(H,53,62)/t20-,22-,23-,24-,25-,26-,27-,28-,32-/m0/s1. The summed E-state index contributed by atoms with van der Waals surface area (Å²) in [6.07, 6.45) is 2.16. The third-order valence-electron chi connectivity index (χ3n) is 10.8. The van der Waals surface area contributed by atoms with Crippen LogP contribution < -0.4 is 65.9 Å². The lowest BCUT2D eigenvalue weighted by Gasteiger charge is -2.31. The zero-order valence-corrected chi connectivity index (χ0v) is 38.9. The van der Waals surface area contributed by atoms with Crippen molar-refractivity contribution in [1.29, 1.82) is 0 Å². The molecule has 2 aliphatic rings. The topological polar surface area (TPSA) is 418 Å². The Balaban J connectivity index is 2.04. The zero-order chi connectivity index (χ0) is 49.8. The predicted molar refractivity (Wildman–Crippen MR) is 245 cm³/mol. The Hall–Kier alpha value is -6.06. The average molecular weight is 979 g/mol. The molecule has 3 rings (SSSR count). The first-order chi connectivity index (χ1) is 31.7. The highest BCUT2D eigenvalue weighted by molar-refractivity contribution is 8.76. The molecule has 2 aliphatic heterocycles. The van der Waals surface area contributed by atoms with E-state index in [1.165, 1.54) is 17.3 Å². The van der Waals surface area contributed by atoms with Crippen LogP contribution in [0.4, 0.5) is 0 Å². The van der Waals surface area contributed by atoms with E-state index in [0.717, 1.165) is 21.6 Å². The highest BCUT2D eigenvalue weighted by Crippen LogP contribution is 2.26. The van der Waals surface area contributed by atoms with E-state index >= 15 is 0 Å². The van der Waals surface area contributed by atoms with Crippen LogP contribution in [0.3, 0.4) is 0 Å². The van der Waals surface area contributed by atoms with Crippen molar-refractivity contribution in [1.82, 2.24) is 47.1 Å². The number of nitrogens with two attached hydrogens (primary N) is 5. The van der Waals surface area contributed by atoms with Crippen LogP contribution in [0.25, 0.3) is 0 Å². The first kappa shape index (κ1) is 55.3. The number of aromatic nitrogens is 1. The maximum absolute atomic E-state index is 14.4. The average Bonchev–Trinajstić information content (AvgIpc) is 3.78. The molecule has 0 spiro atoms. The Bertz CT molecular complexity index is 1970. The van der Waals surface area contributed by atoms with E-state index in [1.54, 1.807) is 26.0 Å². The number of nitrogens with one attached hydrogen (secondary N) is 7. The number of hydrogen-bond donors (Lipinski definition) is 12. The van der Waals surface area contributed by atoms with E-state index in [9.17, 15) is 52.7 Å². The van der Waals surface area contributed by atoms with Gasteiger partial charge in [0, 0.05) is 43.3 Å². The number of amides is 11. The van der Waals surface area contributed by atoms with E-state index in [4.69, 9.17) is 28.7 Å². The Kier molecular flexibility index (Phi) is 22.7. The van der Waals surface area contributed by atoms with Gasteiger partial charge in [0.25, 0.3) is 0 Å². The summed E-state index contributed by atoms with van der Waals surface area (Å²) in [5.41, 5.74) is 28.5. The Morgan fingerprint density at radius 2 is 1.51 bits per heavy atom. The summed E-state index contributed by atoms with van der Waals surface area (Å²) >= 11 is 0. The van der Waals surface area contributed by atoms with E-state index in [2.05, 4.69) is 42.2 Å². The number of hydrogen-bond acceptors (Lipinski definition) is 16. The Labute approximate surface area is 394 Å². The maximum Gasteiger partial charge on any atom is 0.246 e. The van der Waals surface area contributed by atoms with Crippen molar-refractivity contribution in [2.45, 2.75) is 114 Å². The molecule has 3 heterocycles. The fourth-order valence-electron chi connectivity index (χ4n) is 6.96. The van der Waals surface area contributed by atoms with Crippen LogP contribution in [-0.2, 0) is 59.2 Å². The molecule has 17 N–H and O–H groups in total. The number of carbonyl (C=O) groups is 11. The minimum absolute atomic E-state index is 0.0272. The predicted octanol–water partition coefficient (Wildman–Crippen LogP) is -5.62. The molecule has 0 aromatic carbocycles. The summed E-state index contributed by atoms with van der Waals surface area (Å²) in [7, 11) is 2.05. The van der Waals surface area contributed by atoms with Gasteiger partial charge in [-0.3, -0.25) is 57.7 Å². The van der Waals surface area contributed by atoms with Crippen molar-refractivity contribution >= 4 is 86.6 Å². The molecule has 0 radical (unpaired) electrons. The molecular formula is C40H62N14O11S2. The molecule has 9 atom stereocenters. The number of primary amides is 3. The molecule has 1 aromatic rings. The van der Waals surface area contributed by atoms with Crippen LogP contribution in [0.5, 0.6) is 0 Å². The second-order valence-electron chi connectivity index (χ2n) is 16.0. The molecule has 25 nitrogen and oxygen atoms in total. The van der Waals surface area contributed by atoms with Gasteiger partial charge in [0.15, 0.2) is 0 Å². The van der Waals surface area contributed by atoms with Crippen molar-refractivity contribution < 1.29 is 52.7 Å². The molecule has 370 valence electrons. The van der Waals surface area contributed by atoms with Crippen molar-refractivity contribution in [2.75, 3.05) is 31.1 Å². The van der Waals surface area contributed by atoms with Gasteiger partial charge >= 0.3 is 0 Å². The second-order valence-corrected chi connectivity index (χ2v) is 18.6. The second kappa shape index (κ2) is 27.5. The van der Waals surface area contributed by atoms with Gasteiger partial charge in [-0.25, -0.2) is 0 Å². The monoisotopic (exact) mass is 978 g/mol. The molecule has 0 bridgehead atoms. The highest BCUT2D eigenvalue weighted by Gasteiger charge is 2.41. The van der Waals surface area contributed by atoms with Crippen LogP contribution >= 0.6 is 21.6 Å². The summed E-state index contributed by atoms with van der Waals surface area (Å²) in [5, 5.41) is 17.7. The van der Waals surface area contributed by atoms with Crippen molar-refractivity contribution in [2.24, 2.45) is 34.6 Å². The van der Waals surface area contributed by atoms with Gasteiger partial charge in [0.2, 0.25) is 65.0 Å². The molecule has 2 saturated heterocycles. The summed E-state index contributed by atoms with van der Waals surface area (Å²) in [6, 6.07) is -7.60. The van der Waals surface area contributed by atoms with Crippen LogP contribution in [0, 0.1) is 5.92 Å². The largest absolute Gasteiger partial charge is 0.370 e. The van der Waals surface area contributed by atoms with Crippen LogP contribution in [0.2, 0.25) is 0 Å². The Morgan fingerprint density at radius 1 is 0.851 bits per heavy atom. The van der Waals surface area contributed by atoms with Gasteiger partial charge in [0.1, 0.15) is 42.3 Å².